The monoisotopic (exact) mass is 129 g/mol. The number of nitrogens with zero attached hydrogens (tertiary/aromatic N) is 1. The van der Waals surface area contributed by atoms with E-state index in [4.69, 9.17) is 4.84 Å². The minimum atomic E-state index is 0.477. The SMILES string of the molecule is CCC1CC(C)N(C)O1. The number of rotatable bonds is 1. The fourth-order valence-corrected chi connectivity index (χ4v) is 1.15. The summed E-state index contributed by atoms with van der Waals surface area (Å²) in [7, 11) is 2.00. The van der Waals surface area contributed by atoms with Crippen LogP contribution in [0.4, 0.5) is 0 Å². The number of hydrogen-bond donors (Lipinski definition) is 0. The van der Waals surface area contributed by atoms with E-state index >= 15 is 0 Å². The van der Waals surface area contributed by atoms with Crippen molar-refractivity contribution >= 4 is 0 Å². The highest BCUT2D eigenvalue weighted by atomic mass is 16.7. The van der Waals surface area contributed by atoms with Crippen molar-refractivity contribution in [2.45, 2.75) is 38.8 Å². The third kappa shape index (κ3) is 1.43. The lowest BCUT2D eigenvalue weighted by Gasteiger charge is -2.11. The van der Waals surface area contributed by atoms with Crippen LogP contribution in [-0.2, 0) is 4.84 Å². The minimum Gasteiger partial charge on any atom is -0.296 e. The maximum absolute atomic E-state index is 5.46. The van der Waals surface area contributed by atoms with E-state index < -0.39 is 0 Å². The molecular weight excluding hydrogens is 114 g/mol. The summed E-state index contributed by atoms with van der Waals surface area (Å²) < 4.78 is 0. The van der Waals surface area contributed by atoms with Gasteiger partial charge in [0.25, 0.3) is 0 Å². The Balaban J connectivity index is 2.35. The lowest BCUT2D eigenvalue weighted by molar-refractivity contribution is -0.140. The first-order valence-corrected chi connectivity index (χ1v) is 3.63. The maximum atomic E-state index is 5.46. The van der Waals surface area contributed by atoms with Gasteiger partial charge in [-0.1, -0.05) is 6.92 Å². The van der Waals surface area contributed by atoms with Gasteiger partial charge in [0.05, 0.1) is 6.10 Å². The highest BCUT2D eigenvalue weighted by molar-refractivity contribution is 4.70. The molecule has 0 bridgehead atoms. The molecular formula is C7H15NO. The molecule has 1 heterocycles. The van der Waals surface area contributed by atoms with Crippen molar-refractivity contribution in [3.05, 3.63) is 0 Å². The summed E-state index contributed by atoms with van der Waals surface area (Å²) in [4.78, 5) is 5.46. The molecule has 2 heteroatoms. The van der Waals surface area contributed by atoms with Crippen LogP contribution in [0, 0.1) is 0 Å². The third-order valence-corrected chi connectivity index (χ3v) is 2.00. The average Bonchev–Trinajstić information content (AvgIpc) is 2.13. The molecule has 2 unspecified atom stereocenters. The van der Waals surface area contributed by atoms with Gasteiger partial charge in [0.1, 0.15) is 0 Å². The van der Waals surface area contributed by atoms with E-state index in [1.807, 2.05) is 12.1 Å². The predicted molar refractivity (Wildman–Crippen MR) is 37.0 cm³/mol. The molecule has 1 fully saturated rings. The second-order valence-corrected chi connectivity index (χ2v) is 2.77. The van der Waals surface area contributed by atoms with E-state index in [9.17, 15) is 0 Å². The Morgan fingerprint density at radius 1 is 1.67 bits per heavy atom. The summed E-state index contributed by atoms with van der Waals surface area (Å²) in [6, 6.07) is 0.606. The van der Waals surface area contributed by atoms with Gasteiger partial charge >= 0.3 is 0 Å². The van der Waals surface area contributed by atoms with Gasteiger partial charge in [-0.2, -0.15) is 5.06 Å². The van der Waals surface area contributed by atoms with E-state index in [0.717, 1.165) is 6.42 Å². The fourth-order valence-electron chi connectivity index (χ4n) is 1.15. The first kappa shape index (κ1) is 7.03. The topological polar surface area (TPSA) is 12.5 Å². The van der Waals surface area contributed by atoms with Crippen molar-refractivity contribution in [1.29, 1.82) is 0 Å². The van der Waals surface area contributed by atoms with Crippen LogP contribution in [0.15, 0.2) is 0 Å². The molecule has 0 amide bonds. The minimum absolute atomic E-state index is 0.477. The first-order valence-electron chi connectivity index (χ1n) is 3.63. The molecule has 0 aromatic rings. The van der Waals surface area contributed by atoms with Crippen LogP contribution in [-0.4, -0.2) is 24.3 Å². The predicted octanol–water partition coefficient (Wildman–Crippen LogP) is 1.42. The zero-order chi connectivity index (χ0) is 6.85. The van der Waals surface area contributed by atoms with Crippen molar-refractivity contribution < 1.29 is 4.84 Å². The molecule has 0 aromatic heterocycles. The molecule has 9 heavy (non-hydrogen) atoms. The van der Waals surface area contributed by atoms with Crippen LogP contribution in [0.1, 0.15) is 26.7 Å². The molecule has 2 nitrogen and oxygen atoms in total. The highest BCUT2D eigenvalue weighted by Crippen LogP contribution is 2.20. The number of hydroxylamine groups is 2. The quantitative estimate of drug-likeness (QED) is 0.531. The van der Waals surface area contributed by atoms with Crippen molar-refractivity contribution in [1.82, 2.24) is 5.06 Å². The Morgan fingerprint density at radius 3 is 2.56 bits per heavy atom. The number of hydrogen-bond acceptors (Lipinski definition) is 2. The molecule has 2 atom stereocenters. The molecule has 0 radical (unpaired) electrons. The van der Waals surface area contributed by atoms with E-state index in [1.165, 1.54) is 6.42 Å². The Morgan fingerprint density at radius 2 is 2.33 bits per heavy atom. The largest absolute Gasteiger partial charge is 0.296 e. The molecule has 0 aliphatic carbocycles. The van der Waals surface area contributed by atoms with Crippen LogP contribution >= 0.6 is 0 Å². The van der Waals surface area contributed by atoms with Gasteiger partial charge in [0, 0.05) is 13.1 Å². The molecule has 54 valence electrons. The Hall–Kier alpha value is -0.0800. The van der Waals surface area contributed by atoms with Crippen LogP contribution < -0.4 is 0 Å². The van der Waals surface area contributed by atoms with Crippen LogP contribution in [0.2, 0.25) is 0 Å². The smallest absolute Gasteiger partial charge is 0.0806 e. The summed E-state index contributed by atoms with van der Waals surface area (Å²) in [5.41, 5.74) is 0. The molecule has 1 rings (SSSR count). The first-order chi connectivity index (χ1) is 4.24. The van der Waals surface area contributed by atoms with E-state index in [-0.39, 0.29) is 0 Å². The Labute approximate surface area is 56.8 Å². The third-order valence-electron chi connectivity index (χ3n) is 2.00. The standard InChI is InChI=1S/C7H15NO/c1-4-7-5-6(2)8(3)9-7/h6-7H,4-5H2,1-3H3. The van der Waals surface area contributed by atoms with Crippen molar-refractivity contribution in [3.63, 3.8) is 0 Å². The molecule has 1 saturated heterocycles. The van der Waals surface area contributed by atoms with Crippen LogP contribution in [0.5, 0.6) is 0 Å². The van der Waals surface area contributed by atoms with Crippen molar-refractivity contribution in [3.8, 4) is 0 Å². The summed E-state index contributed by atoms with van der Waals surface area (Å²) in [5.74, 6) is 0. The fraction of sp³-hybridized carbons (Fsp3) is 1.00. The van der Waals surface area contributed by atoms with Crippen molar-refractivity contribution in [2.75, 3.05) is 7.05 Å². The van der Waals surface area contributed by atoms with Crippen molar-refractivity contribution in [2.24, 2.45) is 0 Å². The summed E-state index contributed by atoms with van der Waals surface area (Å²) in [5, 5.41) is 1.95. The van der Waals surface area contributed by atoms with E-state index in [2.05, 4.69) is 13.8 Å². The molecule has 0 saturated carbocycles. The van der Waals surface area contributed by atoms with E-state index in [1.54, 1.807) is 0 Å². The van der Waals surface area contributed by atoms with Gasteiger partial charge in [-0.15, -0.1) is 0 Å². The summed E-state index contributed by atoms with van der Waals surface area (Å²) in [6.07, 6.45) is 2.80. The summed E-state index contributed by atoms with van der Waals surface area (Å²) >= 11 is 0. The zero-order valence-electron chi connectivity index (χ0n) is 6.42. The van der Waals surface area contributed by atoms with Gasteiger partial charge < -0.3 is 0 Å². The molecule has 1 aliphatic rings. The molecule has 0 spiro atoms. The van der Waals surface area contributed by atoms with Gasteiger partial charge in [-0.05, 0) is 19.8 Å². The lowest BCUT2D eigenvalue weighted by atomic mass is 10.1. The van der Waals surface area contributed by atoms with Gasteiger partial charge in [0.2, 0.25) is 0 Å². The van der Waals surface area contributed by atoms with E-state index in [0.29, 0.717) is 12.1 Å². The Kier molecular flexibility index (Phi) is 2.09. The van der Waals surface area contributed by atoms with Crippen LogP contribution in [0.3, 0.4) is 0 Å². The zero-order valence-corrected chi connectivity index (χ0v) is 6.42. The molecule has 0 N–H and O–H groups in total. The second kappa shape index (κ2) is 2.67. The van der Waals surface area contributed by atoms with Gasteiger partial charge in [-0.25, -0.2) is 0 Å². The second-order valence-electron chi connectivity index (χ2n) is 2.77. The highest BCUT2D eigenvalue weighted by Gasteiger charge is 2.25. The Bertz CT molecular complexity index is 84.9. The summed E-state index contributed by atoms with van der Waals surface area (Å²) in [6.45, 7) is 4.35. The van der Waals surface area contributed by atoms with Gasteiger partial charge in [0.15, 0.2) is 0 Å². The maximum Gasteiger partial charge on any atom is 0.0806 e. The molecule has 1 aliphatic heterocycles. The lowest BCUT2D eigenvalue weighted by Crippen LogP contribution is -2.19. The normalized spacial score (nSPS) is 37.7. The average molecular weight is 129 g/mol. The molecule has 0 aromatic carbocycles. The van der Waals surface area contributed by atoms with Crippen LogP contribution in [0.25, 0.3) is 0 Å². The van der Waals surface area contributed by atoms with Gasteiger partial charge in [-0.3, -0.25) is 4.84 Å².